The zero-order valence-electron chi connectivity index (χ0n) is 14.9. The molecular formula is C20H26N2O2. The number of amides is 1. The number of para-hydroxylation sites is 1. The lowest BCUT2D eigenvalue weighted by Crippen LogP contribution is -2.20. The molecule has 0 saturated heterocycles. The number of benzene rings is 1. The molecule has 4 heteroatoms. The van der Waals surface area contributed by atoms with Gasteiger partial charge < -0.3 is 5.11 Å². The average Bonchev–Trinajstić information content (AvgIpc) is 2.52. The molecule has 1 aromatic rings. The zero-order valence-corrected chi connectivity index (χ0v) is 14.9. The molecule has 4 nitrogen and oxygen atoms in total. The lowest BCUT2D eigenvalue weighted by atomic mass is 9.72. The predicted octanol–water partition coefficient (Wildman–Crippen LogP) is 4.58. The van der Waals surface area contributed by atoms with Crippen molar-refractivity contribution >= 4 is 11.6 Å². The van der Waals surface area contributed by atoms with Gasteiger partial charge in [0.1, 0.15) is 5.75 Å². The van der Waals surface area contributed by atoms with Crippen molar-refractivity contribution in [1.82, 2.24) is 5.43 Å². The fraction of sp³-hybridized carbons (Fsp3) is 0.400. The second-order valence-electron chi connectivity index (χ2n) is 6.98. The summed E-state index contributed by atoms with van der Waals surface area (Å²) < 4.78 is 0. The van der Waals surface area contributed by atoms with E-state index in [0.29, 0.717) is 5.71 Å². The smallest absolute Gasteiger partial charge is 0.275 e. The summed E-state index contributed by atoms with van der Waals surface area (Å²) in [5.41, 5.74) is 6.36. The van der Waals surface area contributed by atoms with Gasteiger partial charge in [0, 0.05) is 0 Å². The number of rotatable bonds is 4. The van der Waals surface area contributed by atoms with Gasteiger partial charge in [0.25, 0.3) is 5.91 Å². The highest BCUT2D eigenvalue weighted by molar-refractivity contribution is 5.99. The van der Waals surface area contributed by atoms with Crippen LogP contribution in [-0.4, -0.2) is 16.7 Å². The number of aromatic hydroxyl groups is 1. The van der Waals surface area contributed by atoms with Crippen molar-refractivity contribution in [3.8, 4) is 5.75 Å². The highest BCUT2D eigenvalue weighted by atomic mass is 16.3. The molecule has 0 spiro atoms. The summed E-state index contributed by atoms with van der Waals surface area (Å²) in [5, 5.41) is 13.8. The van der Waals surface area contributed by atoms with Crippen molar-refractivity contribution in [2.45, 2.75) is 47.0 Å². The van der Waals surface area contributed by atoms with Crippen LogP contribution in [0.15, 0.2) is 52.7 Å². The van der Waals surface area contributed by atoms with Crippen LogP contribution in [0.4, 0.5) is 0 Å². The minimum Gasteiger partial charge on any atom is -0.507 e. The normalized spacial score (nSPS) is 18.1. The molecule has 2 rings (SSSR count). The van der Waals surface area contributed by atoms with Crippen molar-refractivity contribution in [3.05, 3.63) is 53.1 Å². The number of phenols is 1. The van der Waals surface area contributed by atoms with Crippen LogP contribution in [0.1, 0.15) is 57.3 Å². The molecule has 0 heterocycles. The highest BCUT2D eigenvalue weighted by Crippen LogP contribution is 2.40. The topological polar surface area (TPSA) is 61.7 Å². The Morgan fingerprint density at radius 3 is 2.71 bits per heavy atom. The van der Waals surface area contributed by atoms with Crippen molar-refractivity contribution in [2.24, 2.45) is 10.5 Å². The second-order valence-corrected chi connectivity index (χ2v) is 6.98. The Kier molecular flexibility index (Phi) is 5.60. The van der Waals surface area contributed by atoms with Gasteiger partial charge in [-0.1, -0.05) is 37.6 Å². The molecule has 0 bridgehead atoms. The summed E-state index contributed by atoms with van der Waals surface area (Å²) in [5.74, 6) is -0.475. The Morgan fingerprint density at radius 2 is 2.04 bits per heavy atom. The monoisotopic (exact) mass is 326 g/mol. The van der Waals surface area contributed by atoms with Crippen LogP contribution in [0.25, 0.3) is 0 Å². The molecule has 2 N–H and O–H groups in total. The Bertz CT molecular complexity index is 712. The first-order chi connectivity index (χ1) is 11.3. The maximum absolute atomic E-state index is 12.0. The second kappa shape index (κ2) is 7.47. The molecule has 1 aliphatic carbocycles. The van der Waals surface area contributed by atoms with Gasteiger partial charge in [-0.3, -0.25) is 4.79 Å². The first-order valence-electron chi connectivity index (χ1n) is 8.32. The fourth-order valence-corrected chi connectivity index (χ4v) is 3.12. The average molecular weight is 326 g/mol. The number of nitrogens with zero attached hydrogens (tertiary/aromatic N) is 1. The number of hydrazone groups is 1. The number of hydrogen-bond donors (Lipinski definition) is 2. The van der Waals surface area contributed by atoms with E-state index in [1.807, 2.05) is 13.0 Å². The quantitative estimate of drug-likeness (QED) is 0.628. The van der Waals surface area contributed by atoms with Gasteiger partial charge in [-0.15, -0.1) is 0 Å². The molecule has 0 radical (unpaired) electrons. The number of hydrogen-bond acceptors (Lipinski definition) is 3. The standard InChI is InChI=1S/C20H26N2O2/c1-14-8-7-13-20(3,4)17(14)12-11-15(2)21-22-19(24)16-9-5-6-10-18(16)23/h5-6,9-12,23H,7-8,13H2,1-4H3,(H,22,24). The van der Waals surface area contributed by atoms with E-state index in [1.165, 1.54) is 30.1 Å². The minimum atomic E-state index is -0.422. The van der Waals surface area contributed by atoms with E-state index in [2.05, 4.69) is 37.4 Å². The maximum atomic E-state index is 12.0. The molecule has 1 aromatic carbocycles. The molecular weight excluding hydrogens is 300 g/mol. The number of carbonyl (C=O) groups is 1. The van der Waals surface area contributed by atoms with Crippen LogP contribution in [0.2, 0.25) is 0 Å². The number of allylic oxidation sites excluding steroid dienone is 4. The first kappa shape index (κ1) is 18.0. The molecule has 0 aliphatic heterocycles. The summed E-state index contributed by atoms with van der Waals surface area (Å²) in [6.45, 7) is 8.56. The van der Waals surface area contributed by atoms with Gasteiger partial charge >= 0.3 is 0 Å². The van der Waals surface area contributed by atoms with E-state index in [-0.39, 0.29) is 16.7 Å². The summed E-state index contributed by atoms with van der Waals surface area (Å²) in [7, 11) is 0. The van der Waals surface area contributed by atoms with Gasteiger partial charge in [-0.25, -0.2) is 5.43 Å². The minimum absolute atomic E-state index is 0.0527. The molecule has 1 aliphatic rings. The lowest BCUT2D eigenvalue weighted by Gasteiger charge is -2.32. The molecule has 0 atom stereocenters. The summed E-state index contributed by atoms with van der Waals surface area (Å²) in [6, 6.07) is 6.41. The molecule has 1 amide bonds. The van der Waals surface area contributed by atoms with E-state index in [1.54, 1.807) is 18.2 Å². The zero-order chi connectivity index (χ0) is 17.7. The van der Waals surface area contributed by atoms with Crippen molar-refractivity contribution in [3.63, 3.8) is 0 Å². The van der Waals surface area contributed by atoms with Crippen molar-refractivity contribution in [2.75, 3.05) is 0 Å². The van der Waals surface area contributed by atoms with Crippen LogP contribution in [0, 0.1) is 5.41 Å². The van der Waals surface area contributed by atoms with Gasteiger partial charge in [0.15, 0.2) is 0 Å². The third-order valence-corrected chi connectivity index (χ3v) is 4.52. The first-order valence-corrected chi connectivity index (χ1v) is 8.32. The van der Waals surface area contributed by atoms with Gasteiger partial charge in [0.05, 0.1) is 11.3 Å². The Balaban J connectivity index is 2.07. The third-order valence-electron chi connectivity index (χ3n) is 4.52. The molecule has 0 aromatic heterocycles. The van der Waals surface area contributed by atoms with Crippen LogP contribution in [-0.2, 0) is 0 Å². The van der Waals surface area contributed by atoms with Crippen molar-refractivity contribution in [1.29, 1.82) is 0 Å². The van der Waals surface area contributed by atoms with E-state index in [9.17, 15) is 9.90 Å². The van der Waals surface area contributed by atoms with E-state index < -0.39 is 5.91 Å². The molecule has 24 heavy (non-hydrogen) atoms. The summed E-state index contributed by atoms with van der Waals surface area (Å²) in [4.78, 5) is 12.0. The van der Waals surface area contributed by atoms with E-state index in [0.717, 1.165) is 6.42 Å². The number of nitrogens with one attached hydrogen (secondary N) is 1. The molecule has 128 valence electrons. The molecule has 0 saturated carbocycles. The Hall–Kier alpha value is -2.36. The number of phenolic OH excluding ortho intramolecular Hbond substituents is 1. The fourth-order valence-electron chi connectivity index (χ4n) is 3.12. The molecule has 0 fully saturated rings. The maximum Gasteiger partial charge on any atom is 0.275 e. The Labute approximate surface area is 144 Å². The largest absolute Gasteiger partial charge is 0.507 e. The van der Waals surface area contributed by atoms with E-state index in [4.69, 9.17) is 0 Å². The lowest BCUT2D eigenvalue weighted by molar-refractivity contribution is 0.0952. The SMILES string of the molecule is CC(C=CC1=C(C)CCCC1(C)C)=NNC(=O)c1ccccc1O. The van der Waals surface area contributed by atoms with Gasteiger partial charge in [-0.05, 0) is 62.3 Å². The van der Waals surface area contributed by atoms with Crippen LogP contribution >= 0.6 is 0 Å². The highest BCUT2D eigenvalue weighted by Gasteiger charge is 2.26. The van der Waals surface area contributed by atoms with E-state index >= 15 is 0 Å². The summed E-state index contributed by atoms with van der Waals surface area (Å²) in [6.07, 6.45) is 7.60. The number of carbonyl (C=O) groups excluding carboxylic acids is 1. The van der Waals surface area contributed by atoms with Gasteiger partial charge in [0.2, 0.25) is 0 Å². The van der Waals surface area contributed by atoms with Crippen LogP contribution in [0.5, 0.6) is 5.75 Å². The van der Waals surface area contributed by atoms with Crippen molar-refractivity contribution < 1.29 is 9.90 Å². The van der Waals surface area contributed by atoms with Crippen LogP contribution < -0.4 is 5.43 Å². The van der Waals surface area contributed by atoms with Crippen LogP contribution in [0.3, 0.4) is 0 Å². The predicted molar refractivity (Wildman–Crippen MR) is 98.2 cm³/mol. The summed E-state index contributed by atoms with van der Waals surface area (Å²) >= 11 is 0. The molecule has 0 unspecified atom stereocenters. The van der Waals surface area contributed by atoms with Gasteiger partial charge in [-0.2, -0.15) is 5.10 Å². The third kappa shape index (κ3) is 4.34. The Morgan fingerprint density at radius 1 is 1.33 bits per heavy atom.